The molecule has 24 heavy (non-hydrogen) atoms. The SMILES string of the molecule is CC1(C)OB(c2ccc3cc(C(=O)O)n(C(=O)O)c3c2)OC1(C)C. The van der Waals surface area contributed by atoms with Crippen LogP contribution in [0.1, 0.15) is 38.2 Å². The summed E-state index contributed by atoms with van der Waals surface area (Å²) < 4.78 is 12.7. The van der Waals surface area contributed by atoms with Crippen LogP contribution >= 0.6 is 0 Å². The van der Waals surface area contributed by atoms with Crippen LogP contribution in [-0.4, -0.2) is 45.2 Å². The molecule has 2 aromatic rings. The molecule has 0 spiro atoms. The smallest absolute Gasteiger partial charge is 0.477 e. The Balaban J connectivity index is 2.11. The Bertz CT molecular complexity index is 838. The van der Waals surface area contributed by atoms with Crippen LogP contribution in [0.3, 0.4) is 0 Å². The number of aromatic nitrogens is 1. The molecule has 1 aromatic carbocycles. The summed E-state index contributed by atoms with van der Waals surface area (Å²) >= 11 is 0. The van der Waals surface area contributed by atoms with Crippen LogP contribution in [0.15, 0.2) is 24.3 Å². The van der Waals surface area contributed by atoms with Crippen LogP contribution in [0.25, 0.3) is 10.9 Å². The molecule has 0 atom stereocenters. The number of carboxylic acids is 1. The third kappa shape index (κ3) is 2.38. The van der Waals surface area contributed by atoms with Gasteiger partial charge in [0.1, 0.15) is 5.69 Å². The number of rotatable bonds is 2. The van der Waals surface area contributed by atoms with E-state index in [0.29, 0.717) is 10.8 Å². The number of benzene rings is 1. The Kier molecular flexibility index (Phi) is 3.51. The molecule has 0 unspecified atom stereocenters. The molecule has 1 aliphatic heterocycles. The highest BCUT2D eigenvalue weighted by molar-refractivity contribution is 6.62. The van der Waals surface area contributed by atoms with Gasteiger partial charge in [0.25, 0.3) is 0 Å². The van der Waals surface area contributed by atoms with Gasteiger partial charge in [-0.3, -0.25) is 0 Å². The fourth-order valence-corrected chi connectivity index (χ4v) is 2.71. The monoisotopic (exact) mass is 331 g/mol. The van der Waals surface area contributed by atoms with Crippen molar-refractivity contribution < 1.29 is 29.1 Å². The van der Waals surface area contributed by atoms with Crippen LogP contribution in [0.5, 0.6) is 0 Å². The van der Waals surface area contributed by atoms with Gasteiger partial charge in [-0.2, -0.15) is 0 Å². The molecule has 1 saturated heterocycles. The van der Waals surface area contributed by atoms with Crippen molar-refractivity contribution in [2.75, 3.05) is 0 Å². The Labute approximate surface area is 138 Å². The number of hydrogen-bond donors (Lipinski definition) is 2. The summed E-state index contributed by atoms with van der Waals surface area (Å²) in [7, 11) is -0.648. The van der Waals surface area contributed by atoms with Crippen LogP contribution in [0.4, 0.5) is 4.79 Å². The number of nitrogens with zero attached hydrogens (tertiary/aromatic N) is 1. The Morgan fingerprint density at radius 2 is 1.62 bits per heavy atom. The molecular weight excluding hydrogens is 313 g/mol. The number of carboxylic acid groups (broad SMARTS) is 2. The minimum atomic E-state index is -1.35. The molecule has 7 nitrogen and oxygen atoms in total. The first-order valence-corrected chi connectivity index (χ1v) is 7.51. The highest BCUT2D eigenvalue weighted by Gasteiger charge is 2.51. The van der Waals surface area contributed by atoms with E-state index in [0.717, 1.165) is 4.57 Å². The van der Waals surface area contributed by atoms with Gasteiger partial charge in [0.2, 0.25) is 0 Å². The summed E-state index contributed by atoms with van der Waals surface area (Å²) in [4.78, 5) is 22.8. The Hall–Kier alpha value is -2.32. The van der Waals surface area contributed by atoms with Crippen LogP contribution in [0, 0.1) is 0 Å². The van der Waals surface area contributed by atoms with E-state index in [1.165, 1.54) is 6.07 Å². The Morgan fingerprint density at radius 1 is 1.04 bits per heavy atom. The highest BCUT2D eigenvalue weighted by Crippen LogP contribution is 2.36. The molecule has 3 rings (SSSR count). The van der Waals surface area contributed by atoms with E-state index in [2.05, 4.69) is 0 Å². The minimum absolute atomic E-state index is 0.284. The van der Waals surface area contributed by atoms with Crippen molar-refractivity contribution in [2.24, 2.45) is 0 Å². The molecule has 0 radical (unpaired) electrons. The first-order chi connectivity index (χ1) is 11.0. The fraction of sp³-hybridized carbons (Fsp3) is 0.375. The lowest BCUT2D eigenvalue weighted by Crippen LogP contribution is -2.41. The van der Waals surface area contributed by atoms with Gasteiger partial charge < -0.3 is 19.5 Å². The standard InChI is InChI=1S/C16H18BNO6/c1-15(2)16(3,4)24-17(23-15)10-6-5-9-7-12(13(19)20)18(14(21)22)11(9)8-10/h5-8H,1-4H3,(H,19,20)(H,21,22). The number of carbonyl (C=O) groups is 2. The molecule has 2 heterocycles. The third-order valence-electron chi connectivity index (χ3n) is 4.76. The van der Waals surface area contributed by atoms with Crippen molar-refractivity contribution in [1.82, 2.24) is 4.57 Å². The van der Waals surface area contributed by atoms with E-state index in [4.69, 9.17) is 9.31 Å². The van der Waals surface area contributed by atoms with Crippen molar-refractivity contribution >= 4 is 35.5 Å². The van der Waals surface area contributed by atoms with Gasteiger partial charge >= 0.3 is 19.2 Å². The van der Waals surface area contributed by atoms with Crippen LogP contribution in [-0.2, 0) is 9.31 Å². The lowest BCUT2D eigenvalue weighted by molar-refractivity contribution is 0.00578. The summed E-state index contributed by atoms with van der Waals surface area (Å²) in [5, 5.41) is 19.1. The summed E-state index contributed by atoms with van der Waals surface area (Å²) in [5.41, 5.74) is -0.421. The van der Waals surface area contributed by atoms with Crippen LogP contribution < -0.4 is 5.46 Å². The molecular formula is C16H18BNO6. The van der Waals surface area contributed by atoms with Crippen molar-refractivity contribution in [1.29, 1.82) is 0 Å². The molecule has 1 aromatic heterocycles. The van der Waals surface area contributed by atoms with Crippen LogP contribution in [0.2, 0.25) is 0 Å². The van der Waals surface area contributed by atoms with Crippen molar-refractivity contribution in [2.45, 2.75) is 38.9 Å². The molecule has 0 saturated carbocycles. The number of aromatic carboxylic acids is 1. The second kappa shape index (κ2) is 5.09. The molecule has 0 bridgehead atoms. The molecule has 1 fully saturated rings. The van der Waals surface area contributed by atoms with Gasteiger partial charge in [0.15, 0.2) is 0 Å². The van der Waals surface area contributed by atoms with Gasteiger partial charge in [0, 0.05) is 5.39 Å². The maximum atomic E-state index is 11.5. The van der Waals surface area contributed by atoms with E-state index in [9.17, 15) is 19.8 Å². The maximum Gasteiger partial charge on any atom is 0.494 e. The van der Waals surface area contributed by atoms with E-state index in [1.54, 1.807) is 18.2 Å². The molecule has 0 aliphatic carbocycles. The second-order valence-corrected chi connectivity index (χ2v) is 6.86. The zero-order valence-corrected chi connectivity index (χ0v) is 13.9. The van der Waals surface area contributed by atoms with Gasteiger partial charge in [-0.1, -0.05) is 12.1 Å². The maximum absolute atomic E-state index is 11.5. The van der Waals surface area contributed by atoms with Gasteiger partial charge in [-0.05, 0) is 45.3 Å². The Morgan fingerprint density at radius 3 is 2.12 bits per heavy atom. The largest absolute Gasteiger partial charge is 0.494 e. The average molecular weight is 331 g/mol. The zero-order chi connectivity index (χ0) is 17.9. The second-order valence-electron chi connectivity index (χ2n) is 6.86. The van der Waals surface area contributed by atoms with Crippen molar-refractivity contribution in [3.8, 4) is 0 Å². The van der Waals surface area contributed by atoms with Gasteiger partial charge in [-0.25, -0.2) is 14.2 Å². The van der Waals surface area contributed by atoms with E-state index >= 15 is 0 Å². The molecule has 126 valence electrons. The van der Waals surface area contributed by atoms with E-state index < -0.39 is 30.4 Å². The molecule has 0 amide bonds. The van der Waals surface area contributed by atoms with Gasteiger partial charge in [-0.15, -0.1) is 0 Å². The van der Waals surface area contributed by atoms with E-state index in [-0.39, 0.29) is 11.2 Å². The van der Waals surface area contributed by atoms with Crippen molar-refractivity contribution in [3.63, 3.8) is 0 Å². The highest BCUT2D eigenvalue weighted by atomic mass is 16.7. The van der Waals surface area contributed by atoms with Crippen molar-refractivity contribution in [3.05, 3.63) is 30.0 Å². The molecule has 2 N–H and O–H groups in total. The average Bonchev–Trinajstić information content (AvgIpc) is 2.93. The predicted molar refractivity (Wildman–Crippen MR) is 88.0 cm³/mol. The van der Waals surface area contributed by atoms with E-state index in [1.807, 2.05) is 27.7 Å². The first kappa shape index (κ1) is 16.5. The zero-order valence-electron chi connectivity index (χ0n) is 13.9. The molecule has 1 aliphatic rings. The normalized spacial score (nSPS) is 18.9. The minimum Gasteiger partial charge on any atom is -0.477 e. The topological polar surface area (TPSA) is 98.0 Å². The predicted octanol–water partition coefficient (Wildman–Crippen LogP) is 2.16. The number of hydrogen-bond acceptors (Lipinski definition) is 4. The molecule has 8 heteroatoms. The van der Waals surface area contributed by atoms with Gasteiger partial charge in [0.05, 0.1) is 16.7 Å². The lowest BCUT2D eigenvalue weighted by atomic mass is 9.79. The number of fused-ring (bicyclic) bond motifs is 1. The summed E-state index contributed by atoms with van der Waals surface area (Å²) in [6.45, 7) is 7.70. The first-order valence-electron chi connectivity index (χ1n) is 7.51. The summed E-state index contributed by atoms with van der Waals surface area (Å²) in [5.74, 6) is -1.30. The quantitative estimate of drug-likeness (QED) is 0.819. The summed E-state index contributed by atoms with van der Waals surface area (Å²) in [6.07, 6.45) is -1.35. The third-order valence-corrected chi connectivity index (χ3v) is 4.76. The fourth-order valence-electron chi connectivity index (χ4n) is 2.71. The lowest BCUT2D eigenvalue weighted by Gasteiger charge is -2.32. The summed E-state index contributed by atoms with van der Waals surface area (Å²) in [6, 6.07) is 6.35.